The van der Waals surface area contributed by atoms with Gasteiger partial charge in [-0.1, -0.05) is 29.5 Å². The number of rotatable bonds is 5. The molecule has 0 radical (unpaired) electrons. The third kappa shape index (κ3) is 2.97. The van der Waals surface area contributed by atoms with Crippen molar-refractivity contribution in [3.63, 3.8) is 0 Å². The summed E-state index contributed by atoms with van der Waals surface area (Å²) >= 11 is 1.63. The highest BCUT2D eigenvalue weighted by atomic mass is 32.1. The number of para-hydroxylation sites is 1. The van der Waals surface area contributed by atoms with E-state index in [1.54, 1.807) is 11.3 Å². The summed E-state index contributed by atoms with van der Waals surface area (Å²) in [6, 6.07) is 9.81. The van der Waals surface area contributed by atoms with Crippen LogP contribution >= 0.6 is 11.3 Å². The van der Waals surface area contributed by atoms with Gasteiger partial charge in [-0.05, 0) is 19.1 Å². The van der Waals surface area contributed by atoms with Crippen molar-refractivity contribution in [3.05, 3.63) is 41.4 Å². The molecular formula is C12H14N2OS. The number of anilines is 1. The summed E-state index contributed by atoms with van der Waals surface area (Å²) in [7, 11) is 0. The lowest BCUT2D eigenvalue weighted by atomic mass is 10.3. The molecule has 0 saturated carbocycles. The van der Waals surface area contributed by atoms with Crippen LogP contribution in [0.5, 0.6) is 5.75 Å². The second kappa shape index (κ2) is 5.51. The summed E-state index contributed by atoms with van der Waals surface area (Å²) in [5.41, 5.74) is 0. The number of nitrogens with zero attached hydrogens (tertiary/aromatic N) is 1. The number of ether oxygens (including phenoxy) is 1. The average Bonchev–Trinajstić information content (AvgIpc) is 2.76. The molecule has 2 rings (SSSR count). The van der Waals surface area contributed by atoms with E-state index < -0.39 is 0 Å². The zero-order valence-corrected chi connectivity index (χ0v) is 9.96. The summed E-state index contributed by atoms with van der Waals surface area (Å²) in [4.78, 5) is 5.37. The third-order valence-electron chi connectivity index (χ3n) is 2.01. The van der Waals surface area contributed by atoms with Crippen LogP contribution in [-0.2, 0) is 6.61 Å². The summed E-state index contributed by atoms with van der Waals surface area (Å²) in [6.45, 7) is 3.53. The normalized spacial score (nSPS) is 10.1. The van der Waals surface area contributed by atoms with Crippen LogP contribution in [-0.4, -0.2) is 11.5 Å². The molecule has 16 heavy (non-hydrogen) atoms. The molecule has 1 heterocycles. The molecule has 0 aliphatic carbocycles. The molecule has 4 heteroatoms. The van der Waals surface area contributed by atoms with E-state index in [0.717, 1.165) is 22.3 Å². The number of thiazole rings is 1. The van der Waals surface area contributed by atoms with E-state index >= 15 is 0 Å². The smallest absolute Gasteiger partial charge is 0.182 e. The van der Waals surface area contributed by atoms with Crippen molar-refractivity contribution >= 4 is 16.5 Å². The average molecular weight is 234 g/mol. The number of hydrogen-bond donors (Lipinski definition) is 1. The van der Waals surface area contributed by atoms with E-state index in [1.807, 2.05) is 36.5 Å². The molecule has 0 fully saturated rings. The Hall–Kier alpha value is -1.55. The van der Waals surface area contributed by atoms with Crippen molar-refractivity contribution in [3.8, 4) is 5.75 Å². The van der Waals surface area contributed by atoms with Crippen molar-refractivity contribution in [1.29, 1.82) is 0 Å². The molecular weight excluding hydrogens is 220 g/mol. The van der Waals surface area contributed by atoms with Gasteiger partial charge in [0, 0.05) is 12.7 Å². The zero-order chi connectivity index (χ0) is 11.2. The lowest BCUT2D eigenvalue weighted by molar-refractivity contribution is 0.309. The van der Waals surface area contributed by atoms with Gasteiger partial charge < -0.3 is 10.1 Å². The van der Waals surface area contributed by atoms with Gasteiger partial charge in [-0.3, -0.25) is 0 Å². The molecule has 1 aromatic heterocycles. The first-order valence-electron chi connectivity index (χ1n) is 5.25. The summed E-state index contributed by atoms with van der Waals surface area (Å²) in [6.07, 6.45) is 1.85. The van der Waals surface area contributed by atoms with Gasteiger partial charge in [-0.15, -0.1) is 0 Å². The molecule has 0 aliphatic rings. The van der Waals surface area contributed by atoms with Crippen LogP contribution in [0.2, 0.25) is 0 Å². The minimum Gasteiger partial charge on any atom is -0.488 e. The fourth-order valence-electron chi connectivity index (χ4n) is 1.28. The van der Waals surface area contributed by atoms with Gasteiger partial charge >= 0.3 is 0 Å². The highest BCUT2D eigenvalue weighted by Gasteiger charge is 2.01. The van der Waals surface area contributed by atoms with Gasteiger partial charge in [0.15, 0.2) is 5.13 Å². The monoisotopic (exact) mass is 234 g/mol. The standard InChI is InChI=1S/C12H14N2OS/c1-2-13-12-14-8-11(16-12)9-15-10-6-4-3-5-7-10/h3-8H,2,9H2,1H3,(H,13,14). The molecule has 1 N–H and O–H groups in total. The maximum Gasteiger partial charge on any atom is 0.182 e. The maximum absolute atomic E-state index is 5.63. The molecule has 0 atom stereocenters. The van der Waals surface area contributed by atoms with Gasteiger partial charge in [0.25, 0.3) is 0 Å². The van der Waals surface area contributed by atoms with Crippen molar-refractivity contribution in [2.45, 2.75) is 13.5 Å². The molecule has 1 aromatic carbocycles. The maximum atomic E-state index is 5.63. The second-order valence-corrected chi connectivity index (χ2v) is 4.38. The Morgan fingerprint density at radius 1 is 1.31 bits per heavy atom. The predicted molar refractivity (Wildman–Crippen MR) is 67.1 cm³/mol. The Morgan fingerprint density at radius 3 is 2.88 bits per heavy atom. The quantitative estimate of drug-likeness (QED) is 0.863. The third-order valence-corrected chi connectivity index (χ3v) is 2.93. The first kappa shape index (κ1) is 11.0. The van der Waals surface area contributed by atoms with Gasteiger partial charge in [-0.25, -0.2) is 4.98 Å². The van der Waals surface area contributed by atoms with Crippen LogP contribution in [0.1, 0.15) is 11.8 Å². The molecule has 2 aromatic rings. The molecule has 0 bridgehead atoms. The lowest BCUT2D eigenvalue weighted by Crippen LogP contribution is -1.94. The van der Waals surface area contributed by atoms with Crippen molar-refractivity contribution in [2.24, 2.45) is 0 Å². The van der Waals surface area contributed by atoms with Crippen LogP contribution in [0, 0.1) is 0 Å². The van der Waals surface area contributed by atoms with Gasteiger partial charge in [0.1, 0.15) is 12.4 Å². The molecule has 84 valence electrons. The fraction of sp³-hybridized carbons (Fsp3) is 0.250. The number of hydrogen-bond acceptors (Lipinski definition) is 4. The Balaban J connectivity index is 1.89. The summed E-state index contributed by atoms with van der Waals surface area (Å²) in [5, 5.41) is 4.13. The highest BCUT2D eigenvalue weighted by molar-refractivity contribution is 7.15. The van der Waals surface area contributed by atoms with Crippen molar-refractivity contribution in [2.75, 3.05) is 11.9 Å². The fourth-order valence-corrected chi connectivity index (χ4v) is 2.07. The first-order valence-corrected chi connectivity index (χ1v) is 6.06. The van der Waals surface area contributed by atoms with Crippen LogP contribution in [0.15, 0.2) is 36.5 Å². The van der Waals surface area contributed by atoms with Gasteiger partial charge in [-0.2, -0.15) is 0 Å². The van der Waals surface area contributed by atoms with E-state index in [2.05, 4.69) is 17.2 Å². The van der Waals surface area contributed by atoms with E-state index in [-0.39, 0.29) is 0 Å². The Labute approximate surface area is 99.1 Å². The van der Waals surface area contributed by atoms with Crippen LogP contribution in [0.4, 0.5) is 5.13 Å². The van der Waals surface area contributed by atoms with Gasteiger partial charge in [0.05, 0.1) is 4.88 Å². The minimum atomic E-state index is 0.576. The van der Waals surface area contributed by atoms with E-state index in [1.165, 1.54) is 0 Å². The van der Waals surface area contributed by atoms with Crippen molar-refractivity contribution < 1.29 is 4.74 Å². The minimum absolute atomic E-state index is 0.576. The molecule has 0 aliphatic heterocycles. The number of nitrogens with one attached hydrogen (secondary N) is 1. The Bertz CT molecular complexity index is 428. The molecule has 0 unspecified atom stereocenters. The summed E-state index contributed by atoms with van der Waals surface area (Å²) in [5.74, 6) is 0.890. The molecule has 0 saturated heterocycles. The zero-order valence-electron chi connectivity index (χ0n) is 9.14. The Kier molecular flexibility index (Phi) is 3.77. The van der Waals surface area contributed by atoms with Crippen LogP contribution in [0.25, 0.3) is 0 Å². The SMILES string of the molecule is CCNc1ncc(COc2ccccc2)s1. The Morgan fingerprint density at radius 2 is 2.12 bits per heavy atom. The highest BCUT2D eigenvalue weighted by Crippen LogP contribution is 2.19. The largest absolute Gasteiger partial charge is 0.488 e. The van der Waals surface area contributed by atoms with Crippen molar-refractivity contribution in [1.82, 2.24) is 4.98 Å². The lowest BCUT2D eigenvalue weighted by Gasteiger charge is -2.02. The molecule has 3 nitrogen and oxygen atoms in total. The summed E-state index contributed by atoms with van der Waals surface area (Å²) < 4.78 is 5.63. The molecule has 0 amide bonds. The van der Waals surface area contributed by atoms with Gasteiger partial charge in [0.2, 0.25) is 0 Å². The number of aromatic nitrogens is 1. The topological polar surface area (TPSA) is 34.2 Å². The van der Waals surface area contributed by atoms with E-state index in [0.29, 0.717) is 6.61 Å². The number of benzene rings is 1. The second-order valence-electron chi connectivity index (χ2n) is 3.26. The van der Waals surface area contributed by atoms with E-state index in [4.69, 9.17) is 4.74 Å². The first-order chi connectivity index (χ1) is 7.88. The van der Waals surface area contributed by atoms with E-state index in [9.17, 15) is 0 Å². The van der Waals surface area contributed by atoms with Crippen LogP contribution in [0.3, 0.4) is 0 Å². The molecule has 0 spiro atoms. The van der Waals surface area contributed by atoms with Crippen LogP contribution < -0.4 is 10.1 Å². The predicted octanol–water partition coefficient (Wildman–Crippen LogP) is 3.15.